The van der Waals surface area contributed by atoms with E-state index >= 15 is 0 Å². The standard InChI is InChI=1S/C20H31N3O4/c1-25-17-11-15(12-18(26-2)20(17)27-3)14-22-7-9-23(10-8-22)19(24)13-16-5-4-6-21-16/h11-12,16,21H,4-10,13-14H2,1-3H3. The minimum absolute atomic E-state index is 0.279. The summed E-state index contributed by atoms with van der Waals surface area (Å²) in [5, 5.41) is 3.41. The van der Waals surface area contributed by atoms with E-state index in [1.807, 2.05) is 17.0 Å². The Labute approximate surface area is 161 Å². The third-order valence-corrected chi connectivity index (χ3v) is 5.44. The molecule has 7 nitrogen and oxygen atoms in total. The predicted octanol–water partition coefficient (Wildman–Crippen LogP) is 1.50. The van der Waals surface area contributed by atoms with Crippen LogP contribution in [-0.4, -0.2) is 75.8 Å². The summed E-state index contributed by atoms with van der Waals surface area (Å²) >= 11 is 0. The lowest BCUT2D eigenvalue weighted by molar-refractivity contribution is -0.133. The number of methoxy groups -OCH3 is 3. The van der Waals surface area contributed by atoms with Crippen molar-refractivity contribution in [3.05, 3.63) is 17.7 Å². The van der Waals surface area contributed by atoms with Crippen molar-refractivity contribution >= 4 is 5.91 Å². The summed E-state index contributed by atoms with van der Waals surface area (Å²) in [5.74, 6) is 2.23. The molecule has 27 heavy (non-hydrogen) atoms. The zero-order chi connectivity index (χ0) is 19.2. The average molecular weight is 377 g/mol. The largest absolute Gasteiger partial charge is 0.493 e. The number of benzene rings is 1. The molecule has 0 spiro atoms. The molecule has 2 saturated heterocycles. The number of amides is 1. The molecule has 1 amide bonds. The maximum atomic E-state index is 12.5. The second-order valence-corrected chi connectivity index (χ2v) is 7.19. The van der Waals surface area contributed by atoms with Crippen molar-refractivity contribution in [2.45, 2.75) is 31.8 Å². The van der Waals surface area contributed by atoms with Crippen molar-refractivity contribution in [2.75, 3.05) is 54.1 Å². The van der Waals surface area contributed by atoms with E-state index in [1.54, 1.807) is 21.3 Å². The van der Waals surface area contributed by atoms with Gasteiger partial charge in [0.25, 0.3) is 0 Å². The van der Waals surface area contributed by atoms with Crippen LogP contribution in [0.1, 0.15) is 24.8 Å². The molecule has 2 fully saturated rings. The summed E-state index contributed by atoms with van der Waals surface area (Å²) in [6.07, 6.45) is 2.93. The van der Waals surface area contributed by atoms with E-state index in [9.17, 15) is 4.79 Å². The van der Waals surface area contributed by atoms with E-state index in [4.69, 9.17) is 14.2 Å². The molecule has 1 unspecified atom stereocenters. The number of ether oxygens (including phenoxy) is 3. The molecule has 2 aliphatic heterocycles. The first-order valence-corrected chi connectivity index (χ1v) is 9.67. The molecule has 0 bridgehead atoms. The van der Waals surface area contributed by atoms with Gasteiger partial charge in [0.2, 0.25) is 11.7 Å². The Balaban J connectivity index is 1.55. The van der Waals surface area contributed by atoms with E-state index < -0.39 is 0 Å². The number of nitrogens with one attached hydrogen (secondary N) is 1. The van der Waals surface area contributed by atoms with Crippen LogP contribution in [0.25, 0.3) is 0 Å². The Morgan fingerprint density at radius 1 is 1.07 bits per heavy atom. The van der Waals surface area contributed by atoms with Crippen LogP contribution >= 0.6 is 0 Å². The average Bonchev–Trinajstić information content (AvgIpc) is 3.20. The van der Waals surface area contributed by atoms with Gasteiger partial charge >= 0.3 is 0 Å². The molecule has 3 rings (SSSR count). The summed E-state index contributed by atoms with van der Waals surface area (Å²) in [6.45, 7) is 5.16. The molecule has 1 aromatic carbocycles. The first-order valence-electron chi connectivity index (χ1n) is 9.67. The maximum absolute atomic E-state index is 12.5. The van der Waals surface area contributed by atoms with E-state index in [2.05, 4.69) is 10.2 Å². The van der Waals surface area contributed by atoms with Gasteiger partial charge in [0, 0.05) is 45.2 Å². The van der Waals surface area contributed by atoms with Crippen LogP contribution in [0.15, 0.2) is 12.1 Å². The van der Waals surface area contributed by atoms with Gasteiger partial charge in [-0.25, -0.2) is 0 Å². The second-order valence-electron chi connectivity index (χ2n) is 7.19. The van der Waals surface area contributed by atoms with Crippen LogP contribution in [-0.2, 0) is 11.3 Å². The summed E-state index contributed by atoms with van der Waals surface area (Å²) < 4.78 is 16.3. The fourth-order valence-electron chi connectivity index (χ4n) is 3.91. The van der Waals surface area contributed by atoms with Gasteiger partial charge in [-0.1, -0.05) is 0 Å². The highest BCUT2D eigenvalue weighted by molar-refractivity contribution is 5.77. The Hall–Kier alpha value is -1.99. The Morgan fingerprint density at radius 3 is 2.26 bits per heavy atom. The maximum Gasteiger partial charge on any atom is 0.224 e. The fraction of sp³-hybridized carbons (Fsp3) is 0.650. The molecule has 1 aromatic rings. The first-order chi connectivity index (χ1) is 13.1. The first kappa shape index (κ1) is 19.8. The zero-order valence-corrected chi connectivity index (χ0v) is 16.6. The molecule has 1 N–H and O–H groups in total. The van der Waals surface area contributed by atoms with Crippen molar-refractivity contribution in [2.24, 2.45) is 0 Å². The fourth-order valence-corrected chi connectivity index (χ4v) is 3.91. The van der Waals surface area contributed by atoms with Gasteiger partial charge in [0.05, 0.1) is 21.3 Å². The van der Waals surface area contributed by atoms with Crippen LogP contribution in [0.4, 0.5) is 0 Å². The van der Waals surface area contributed by atoms with Crippen molar-refractivity contribution in [3.8, 4) is 17.2 Å². The predicted molar refractivity (Wildman–Crippen MR) is 104 cm³/mol. The summed E-state index contributed by atoms with van der Waals surface area (Å²) in [7, 11) is 4.87. The lowest BCUT2D eigenvalue weighted by Crippen LogP contribution is -2.49. The van der Waals surface area contributed by atoms with E-state index in [-0.39, 0.29) is 5.91 Å². The summed E-state index contributed by atoms with van der Waals surface area (Å²) in [4.78, 5) is 16.8. The van der Waals surface area contributed by atoms with E-state index in [0.29, 0.717) is 29.7 Å². The molecule has 2 aliphatic rings. The van der Waals surface area contributed by atoms with E-state index in [1.165, 1.54) is 6.42 Å². The number of hydrogen-bond acceptors (Lipinski definition) is 6. The number of rotatable bonds is 7. The minimum atomic E-state index is 0.279. The monoisotopic (exact) mass is 377 g/mol. The van der Waals surface area contributed by atoms with Crippen molar-refractivity contribution in [1.29, 1.82) is 0 Å². The molecule has 1 atom stereocenters. The molecule has 7 heteroatoms. The zero-order valence-electron chi connectivity index (χ0n) is 16.6. The summed E-state index contributed by atoms with van der Waals surface area (Å²) in [5.41, 5.74) is 1.11. The topological polar surface area (TPSA) is 63.3 Å². The molecule has 0 aromatic heterocycles. The van der Waals surface area contributed by atoms with Gasteiger partial charge in [-0.05, 0) is 37.1 Å². The van der Waals surface area contributed by atoms with Crippen LogP contribution in [0.3, 0.4) is 0 Å². The van der Waals surface area contributed by atoms with Crippen LogP contribution in [0, 0.1) is 0 Å². The molecule has 150 valence electrons. The van der Waals surface area contributed by atoms with Gasteiger partial charge in [0.15, 0.2) is 11.5 Å². The highest BCUT2D eigenvalue weighted by atomic mass is 16.5. The van der Waals surface area contributed by atoms with Gasteiger partial charge in [0.1, 0.15) is 0 Å². The Morgan fingerprint density at radius 2 is 1.74 bits per heavy atom. The summed E-state index contributed by atoms with van der Waals surface area (Å²) in [6, 6.07) is 4.35. The molecule has 0 aliphatic carbocycles. The number of hydrogen-bond donors (Lipinski definition) is 1. The Bertz CT molecular complexity index is 613. The van der Waals surface area contributed by atoms with Gasteiger partial charge in [-0.3, -0.25) is 9.69 Å². The highest BCUT2D eigenvalue weighted by Gasteiger charge is 2.25. The highest BCUT2D eigenvalue weighted by Crippen LogP contribution is 2.38. The minimum Gasteiger partial charge on any atom is -0.493 e. The van der Waals surface area contributed by atoms with Crippen LogP contribution in [0.5, 0.6) is 17.2 Å². The third-order valence-electron chi connectivity index (χ3n) is 5.44. The molecule has 2 heterocycles. The van der Waals surface area contributed by atoms with Gasteiger partial charge in [-0.2, -0.15) is 0 Å². The quantitative estimate of drug-likeness (QED) is 0.777. The molecular formula is C20H31N3O4. The normalized spacial score (nSPS) is 20.6. The van der Waals surface area contributed by atoms with Gasteiger partial charge in [-0.15, -0.1) is 0 Å². The molecule has 0 radical (unpaired) electrons. The lowest BCUT2D eigenvalue weighted by atomic mass is 10.1. The van der Waals surface area contributed by atoms with Crippen molar-refractivity contribution in [3.63, 3.8) is 0 Å². The number of piperazine rings is 1. The second kappa shape index (κ2) is 9.28. The van der Waals surface area contributed by atoms with Crippen molar-refractivity contribution < 1.29 is 19.0 Å². The van der Waals surface area contributed by atoms with Crippen molar-refractivity contribution in [1.82, 2.24) is 15.1 Å². The lowest BCUT2D eigenvalue weighted by Gasteiger charge is -2.35. The third kappa shape index (κ3) is 4.84. The molecular weight excluding hydrogens is 346 g/mol. The van der Waals surface area contributed by atoms with Crippen LogP contribution in [0.2, 0.25) is 0 Å². The number of carbonyl (C=O) groups excluding carboxylic acids is 1. The van der Waals surface area contributed by atoms with Crippen LogP contribution < -0.4 is 19.5 Å². The Kier molecular flexibility index (Phi) is 6.79. The SMILES string of the molecule is COc1cc(CN2CCN(C(=O)CC3CCCN3)CC2)cc(OC)c1OC. The van der Waals surface area contributed by atoms with Gasteiger partial charge < -0.3 is 24.4 Å². The number of carbonyl (C=O) groups is 1. The number of nitrogens with zero attached hydrogens (tertiary/aromatic N) is 2. The molecule has 0 saturated carbocycles. The van der Waals surface area contributed by atoms with E-state index in [0.717, 1.165) is 51.3 Å². The smallest absolute Gasteiger partial charge is 0.224 e.